The van der Waals surface area contributed by atoms with Crippen molar-refractivity contribution in [3.8, 4) is 6.07 Å². The predicted molar refractivity (Wildman–Crippen MR) is 76.3 cm³/mol. The van der Waals surface area contributed by atoms with Gasteiger partial charge < -0.3 is 0 Å². The number of halogens is 1. The Balaban J connectivity index is 2.32. The fraction of sp³-hybridized carbons (Fsp3) is 0.133. The molecule has 0 spiro atoms. The third-order valence-electron chi connectivity index (χ3n) is 2.98. The highest BCUT2D eigenvalue weighted by molar-refractivity contribution is 7.89. The second kappa shape index (κ2) is 6.04. The normalized spacial score (nSPS) is 12.6. The van der Waals surface area contributed by atoms with E-state index in [1.54, 1.807) is 25.1 Å². The number of sulfonamides is 1. The molecule has 0 fully saturated rings. The number of rotatable bonds is 4. The zero-order valence-electron chi connectivity index (χ0n) is 11.2. The van der Waals surface area contributed by atoms with Crippen LogP contribution < -0.4 is 4.72 Å². The van der Waals surface area contributed by atoms with Crippen molar-refractivity contribution >= 4 is 10.0 Å². The van der Waals surface area contributed by atoms with Gasteiger partial charge in [-0.05, 0) is 36.8 Å². The van der Waals surface area contributed by atoms with Gasteiger partial charge >= 0.3 is 0 Å². The van der Waals surface area contributed by atoms with E-state index in [1.165, 1.54) is 30.3 Å². The summed E-state index contributed by atoms with van der Waals surface area (Å²) >= 11 is 0. The SMILES string of the molecule is CC(NS(=O)(=O)c1ccccc1C#N)c1cccc(F)c1. The van der Waals surface area contributed by atoms with E-state index < -0.39 is 21.9 Å². The Morgan fingerprint density at radius 2 is 1.90 bits per heavy atom. The van der Waals surface area contributed by atoms with E-state index in [2.05, 4.69) is 4.72 Å². The molecular formula is C15H13FN2O2S. The van der Waals surface area contributed by atoms with Crippen LogP contribution in [0.4, 0.5) is 4.39 Å². The van der Waals surface area contributed by atoms with Crippen LogP contribution in [-0.2, 0) is 10.0 Å². The Labute approximate surface area is 122 Å². The van der Waals surface area contributed by atoms with Crippen molar-refractivity contribution in [1.29, 1.82) is 5.26 Å². The largest absolute Gasteiger partial charge is 0.242 e. The van der Waals surface area contributed by atoms with E-state index in [0.717, 1.165) is 0 Å². The minimum atomic E-state index is -3.86. The first-order valence-electron chi connectivity index (χ1n) is 6.21. The van der Waals surface area contributed by atoms with Crippen molar-refractivity contribution in [3.05, 3.63) is 65.5 Å². The third-order valence-corrected chi connectivity index (χ3v) is 4.58. The summed E-state index contributed by atoms with van der Waals surface area (Å²) in [7, 11) is -3.86. The van der Waals surface area contributed by atoms with Gasteiger partial charge in [0.15, 0.2) is 0 Å². The van der Waals surface area contributed by atoms with E-state index in [9.17, 15) is 12.8 Å². The van der Waals surface area contributed by atoms with Crippen LogP contribution in [0.5, 0.6) is 0 Å². The van der Waals surface area contributed by atoms with Gasteiger partial charge in [0.1, 0.15) is 11.9 Å². The number of nitriles is 1. The summed E-state index contributed by atoms with van der Waals surface area (Å²) in [6.45, 7) is 1.61. The van der Waals surface area contributed by atoms with Crippen LogP contribution in [0.2, 0.25) is 0 Å². The molecule has 1 N–H and O–H groups in total. The van der Waals surface area contributed by atoms with Gasteiger partial charge in [-0.3, -0.25) is 0 Å². The van der Waals surface area contributed by atoms with E-state index in [1.807, 2.05) is 6.07 Å². The summed E-state index contributed by atoms with van der Waals surface area (Å²) in [5.41, 5.74) is 0.574. The van der Waals surface area contributed by atoms with Crippen LogP contribution in [0.1, 0.15) is 24.1 Å². The third kappa shape index (κ3) is 3.45. The molecule has 0 aliphatic carbocycles. The van der Waals surface area contributed by atoms with Gasteiger partial charge in [-0.1, -0.05) is 24.3 Å². The zero-order valence-corrected chi connectivity index (χ0v) is 12.1. The molecule has 0 bridgehead atoms. The van der Waals surface area contributed by atoms with Gasteiger partial charge in [0.05, 0.1) is 10.5 Å². The fourth-order valence-electron chi connectivity index (χ4n) is 1.93. The van der Waals surface area contributed by atoms with E-state index in [4.69, 9.17) is 5.26 Å². The lowest BCUT2D eigenvalue weighted by atomic mass is 10.1. The van der Waals surface area contributed by atoms with Gasteiger partial charge in [0, 0.05) is 6.04 Å². The molecular weight excluding hydrogens is 291 g/mol. The topological polar surface area (TPSA) is 70.0 Å². The Bertz CT molecular complexity index is 797. The Morgan fingerprint density at radius 3 is 2.57 bits per heavy atom. The number of hydrogen-bond acceptors (Lipinski definition) is 3. The highest BCUT2D eigenvalue weighted by Crippen LogP contribution is 2.19. The number of nitrogens with one attached hydrogen (secondary N) is 1. The summed E-state index contributed by atoms with van der Waals surface area (Å²) in [6, 6.07) is 12.9. The van der Waals surface area contributed by atoms with Crippen LogP contribution in [0.15, 0.2) is 53.4 Å². The number of nitrogens with zero attached hydrogens (tertiary/aromatic N) is 1. The zero-order chi connectivity index (χ0) is 15.5. The molecule has 1 atom stereocenters. The molecule has 0 radical (unpaired) electrons. The first-order chi connectivity index (χ1) is 9.94. The second-order valence-corrected chi connectivity index (χ2v) is 6.19. The summed E-state index contributed by atoms with van der Waals surface area (Å²) in [6.07, 6.45) is 0. The summed E-state index contributed by atoms with van der Waals surface area (Å²) in [5.74, 6) is -0.434. The van der Waals surface area contributed by atoms with Crippen molar-refractivity contribution in [3.63, 3.8) is 0 Å². The molecule has 6 heteroatoms. The van der Waals surface area contributed by atoms with Crippen LogP contribution in [-0.4, -0.2) is 8.42 Å². The first-order valence-corrected chi connectivity index (χ1v) is 7.69. The van der Waals surface area contributed by atoms with Crippen molar-refractivity contribution in [2.24, 2.45) is 0 Å². The Kier molecular flexibility index (Phi) is 4.36. The maximum Gasteiger partial charge on any atom is 0.242 e. The van der Waals surface area contributed by atoms with Gasteiger partial charge in [0.2, 0.25) is 10.0 Å². The highest BCUT2D eigenvalue weighted by atomic mass is 32.2. The fourth-order valence-corrected chi connectivity index (χ4v) is 3.32. The van der Waals surface area contributed by atoms with Gasteiger partial charge in [-0.25, -0.2) is 17.5 Å². The molecule has 0 heterocycles. The lowest BCUT2D eigenvalue weighted by Gasteiger charge is -2.15. The average molecular weight is 304 g/mol. The molecule has 2 aromatic rings. The predicted octanol–water partition coefficient (Wildman–Crippen LogP) is 2.74. The van der Waals surface area contributed by atoms with E-state index in [0.29, 0.717) is 5.56 Å². The molecule has 4 nitrogen and oxygen atoms in total. The molecule has 0 amide bonds. The molecule has 2 rings (SSSR count). The molecule has 0 aromatic heterocycles. The molecule has 0 saturated carbocycles. The van der Waals surface area contributed by atoms with Gasteiger partial charge in [-0.2, -0.15) is 5.26 Å². The molecule has 0 saturated heterocycles. The minimum absolute atomic E-state index is 0.0662. The monoisotopic (exact) mass is 304 g/mol. The van der Waals surface area contributed by atoms with Crippen LogP contribution in [0.25, 0.3) is 0 Å². The lowest BCUT2D eigenvalue weighted by Crippen LogP contribution is -2.27. The molecule has 0 aliphatic heterocycles. The second-order valence-electron chi connectivity index (χ2n) is 4.51. The quantitative estimate of drug-likeness (QED) is 0.944. The van der Waals surface area contributed by atoms with Gasteiger partial charge in [0.25, 0.3) is 0 Å². The summed E-state index contributed by atoms with van der Waals surface area (Å²) in [4.78, 5) is -0.0873. The highest BCUT2D eigenvalue weighted by Gasteiger charge is 2.21. The lowest BCUT2D eigenvalue weighted by molar-refractivity contribution is 0.564. The summed E-state index contributed by atoms with van der Waals surface area (Å²) in [5, 5.41) is 8.98. The van der Waals surface area contributed by atoms with E-state index in [-0.39, 0.29) is 10.5 Å². The first kappa shape index (κ1) is 15.2. The standard InChI is InChI=1S/C15H13FN2O2S/c1-11(12-6-4-7-14(16)9-12)18-21(19,20)15-8-3-2-5-13(15)10-17/h2-9,11,18H,1H3. The molecule has 0 aliphatic rings. The van der Waals surface area contributed by atoms with Crippen LogP contribution in [0, 0.1) is 17.1 Å². The Hall–Kier alpha value is -2.23. The maximum atomic E-state index is 13.2. The van der Waals surface area contributed by atoms with Crippen LogP contribution >= 0.6 is 0 Å². The van der Waals surface area contributed by atoms with Crippen molar-refractivity contribution in [2.75, 3.05) is 0 Å². The smallest absolute Gasteiger partial charge is 0.207 e. The van der Waals surface area contributed by atoms with Crippen LogP contribution in [0.3, 0.4) is 0 Å². The van der Waals surface area contributed by atoms with Crippen molar-refractivity contribution in [1.82, 2.24) is 4.72 Å². The minimum Gasteiger partial charge on any atom is -0.207 e. The molecule has 2 aromatic carbocycles. The average Bonchev–Trinajstić information content (AvgIpc) is 2.46. The van der Waals surface area contributed by atoms with Crippen molar-refractivity contribution in [2.45, 2.75) is 17.9 Å². The van der Waals surface area contributed by atoms with Gasteiger partial charge in [-0.15, -0.1) is 0 Å². The molecule has 21 heavy (non-hydrogen) atoms. The number of hydrogen-bond donors (Lipinski definition) is 1. The Morgan fingerprint density at radius 1 is 1.19 bits per heavy atom. The molecule has 1 unspecified atom stereocenters. The van der Waals surface area contributed by atoms with E-state index >= 15 is 0 Å². The number of benzene rings is 2. The summed E-state index contributed by atoms with van der Waals surface area (Å²) < 4.78 is 40.3. The maximum absolute atomic E-state index is 13.2. The molecule has 108 valence electrons. The van der Waals surface area contributed by atoms with Crippen molar-refractivity contribution < 1.29 is 12.8 Å².